The monoisotopic (exact) mass is 261 g/mol. The van der Waals surface area contributed by atoms with Crippen molar-refractivity contribution in [2.75, 3.05) is 6.54 Å². The number of benzene rings is 2. The fraction of sp³-hybridized carbons (Fsp3) is 0.250. The van der Waals surface area contributed by atoms with E-state index in [1.807, 2.05) is 38.1 Å². The maximum atomic E-state index is 13.9. The summed E-state index contributed by atoms with van der Waals surface area (Å²) >= 11 is 0. The lowest BCUT2D eigenvalue weighted by Gasteiger charge is -2.20. The van der Waals surface area contributed by atoms with Gasteiger partial charge in [-0.05, 0) is 31.2 Å². The molecule has 2 rings (SSSR count). The standard InChI is InChI=1S/C16H17F2N/c1-3-19-16(12-9-7-11(2)8-10-12)15-13(17)5-4-6-14(15)18/h4-10,16,19H,3H2,1-2H3. The molecule has 0 heterocycles. The van der Waals surface area contributed by atoms with Crippen molar-refractivity contribution in [3.8, 4) is 0 Å². The van der Waals surface area contributed by atoms with Gasteiger partial charge in [0.15, 0.2) is 0 Å². The molecule has 0 aromatic heterocycles. The highest BCUT2D eigenvalue weighted by molar-refractivity contribution is 5.35. The molecule has 1 unspecified atom stereocenters. The van der Waals surface area contributed by atoms with Gasteiger partial charge in [-0.1, -0.05) is 42.8 Å². The average Bonchev–Trinajstić information content (AvgIpc) is 2.38. The van der Waals surface area contributed by atoms with Crippen LogP contribution >= 0.6 is 0 Å². The van der Waals surface area contributed by atoms with E-state index in [0.29, 0.717) is 6.54 Å². The topological polar surface area (TPSA) is 12.0 Å². The predicted octanol–water partition coefficient (Wildman–Crippen LogP) is 3.97. The Morgan fingerprint density at radius 2 is 1.58 bits per heavy atom. The van der Waals surface area contributed by atoms with Crippen LogP contribution in [-0.2, 0) is 0 Å². The zero-order valence-corrected chi connectivity index (χ0v) is 11.1. The van der Waals surface area contributed by atoms with Crippen molar-refractivity contribution in [2.24, 2.45) is 0 Å². The Hall–Kier alpha value is -1.74. The summed E-state index contributed by atoms with van der Waals surface area (Å²) < 4.78 is 27.8. The van der Waals surface area contributed by atoms with E-state index in [1.165, 1.54) is 18.2 Å². The van der Waals surface area contributed by atoms with Gasteiger partial charge in [0, 0.05) is 5.56 Å². The molecule has 0 saturated heterocycles. The molecule has 1 N–H and O–H groups in total. The van der Waals surface area contributed by atoms with Gasteiger partial charge in [0.05, 0.1) is 6.04 Å². The van der Waals surface area contributed by atoms with Crippen LogP contribution in [0.4, 0.5) is 8.78 Å². The maximum Gasteiger partial charge on any atom is 0.131 e. The Kier molecular flexibility index (Phi) is 4.27. The van der Waals surface area contributed by atoms with Crippen LogP contribution in [-0.4, -0.2) is 6.54 Å². The van der Waals surface area contributed by atoms with Crippen LogP contribution in [0.15, 0.2) is 42.5 Å². The van der Waals surface area contributed by atoms with Gasteiger partial charge < -0.3 is 5.32 Å². The number of nitrogens with one attached hydrogen (secondary N) is 1. The van der Waals surface area contributed by atoms with Gasteiger partial charge in [0.1, 0.15) is 11.6 Å². The Balaban J connectivity index is 2.48. The highest BCUT2D eigenvalue weighted by atomic mass is 19.1. The van der Waals surface area contributed by atoms with Crippen molar-refractivity contribution >= 4 is 0 Å². The van der Waals surface area contributed by atoms with Gasteiger partial charge in [-0.25, -0.2) is 8.78 Å². The van der Waals surface area contributed by atoms with Gasteiger partial charge in [0.2, 0.25) is 0 Å². The zero-order valence-electron chi connectivity index (χ0n) is 11.1. The average molecular weight is 261 g/mol. The third kappa shape index (κ3) is 2.99. The second-order valence-electron chi connectivity index (χ2n) is 4.54. The summed E-state index contributed by atoms with van der Waals surface area (Å²) in [5.74, 6) is -1.04. The lowest BCUT2D eigenvalue weighted by molar-refractivity contribution is 0.510. The highest BCUT2D eigenvalue weighted by Gasteiger charge is 2.20. The number of halogens is 2. The molecule has 1 atom stereocenters. The molecular weight excluding hydrogens is 244 g/mol. The molecule has 0 radical (unpaired) electrons. The summed E-state index contributed by atoms with van der Waals surface area (Å²) in [6.45, 7) is 4.53. The molecule has 100 valence electrons. The van der Waals surface area contributed by atoms with E-state index in [2.05, 4.69) is 5.32 Å². The molecule has 0 aliphatic heterocycles. The molecule has 2 aromatic carbocycles. The van der Waals surface area contributed by atoms with Crippen molar-refractivity contribution < 1.29 is 8.78 Å². The first-order chi connectivity index (χ1) is 9.13. The number of aryl methyl sites for hydroxylation is 1. The van der Waals surface area contributed by atoms with Gasteiger partial charge in [-0.3, -0.25) is 0 Å². The Bertz CT molecular complexity index is 529. The minimum absolute atomic E-state index is 0.0770. The summed E-state index contributed by atoms with van der Waals surface area (Å²) in [5, 5.41) is 3.14. The molecule has 1 nitrogen and oxygen atoms in total. The minimum atomic E-state index is -0.522. The number of hydrogen-bond acceptors (Lipinski definition) is 1. The van der Waals surface area contributed by atoms with Crippen LogP contribution < -0.4 is 5.32 Å². The molecule has 0 amide bonds. The Morgan fingerprint density at radius 1 is 1.00 bits per heavy atom. The molecule has 0 spiro atoms. The Labute approximate surface area is 112 Å². The number of rotatable bonds is 4. The lowest BCUT2D eigenvalue weighted by atomic mass is 9.97. The third-order valence-electron chi connectivity index (χ3n) is 3.11. The van der Waals surface area contributed by atoms with Gasteiger partial charge in [-0.15, -0.1) is 0 Å². The van der Waals surface area contributed by atoms with Crippen molar-refractivity contribution in [2.45, 2.75) is 19.9 Å². The Morgan fingerprint density at radius 3 is 2.11 bits per heavy atom. The lowest BCUT2D eigenvalue weighted by Crippen LogP contribution is -2.24. The summed E-state index contributed by atoms with van der Waals surface area (Å²) in [6.07, 6.45) is 0. The molecule has 0 fully saturated rings. The third-order valence-corrected chi connectivity index (χ3v) is 3.11. The van der Waals surface area contributed by atoms with Crippen molar-refractivity contribution in [1.82, 2.24) is 5.32 Å². The SMILES string of the molecule is CCNC(c1ccc(C)cc1)c1c(F)cccc1F. The van der Waals surface area contributed by atoms with E-state index in [0.717, 1.165) is 11.1 Å². The first kappa shape index (κ1) is 13.7. The molecular formula is C16H17F2N. The molecule has 2 aromatic rings. The summed E-state index contributed by atoms with van der Waals surface area (Å²) in [5.41, 5.74) is 2.05. The largest absolute Gasteiger partial charge is 0.306 e. The van der Waals surface area contributed by atoms with Crippen molar-refractivity contribution in [1.29, 1.82) is 0 Å². The highest BCUT2D eigenvalue weighted by Crippen LogP contribution is 2.27. The second-order valence-corrected chi connectivity index (χ2v) is 4.54. The van der Waals surface area contributed by atoms with Crippen molar-refractivity contribution in [3.05, 3.63) is 70.8 Å². The van der Waals surface area contributed by atoms with Gasteiger partial charge in [-0.2, -0.15) is 0 Å². The van der Waals surface area contributed by atoms with E-state index in [1.54, 1.807) is 0 Å². The van der Waals surface area contributed by atoms with Gasteiger partial charge in [0.25, 0.3) is 0 Å². The van der Waals surface area contributed by atoms with E-state index in [4.69, 9.17) is 0 Å². The van der Waals surface area contributed by atoms with E-state index in [-0.39, 0.29) is 5.56 Å². The zero-order chi connectivity index (χ0) is 13.8. The van der Waals surface area contributed by atoms with Crippen LogP contribution in [0.1, 0.15) is 29.7 Å². The predicted molar refractivity (Wildman–Crippen MR) is 73.1 cm³/mol. The summed E-state index contributed by atoms with van der Waals surface area (Å²) in [7, 11) is 0. The number of hydrogen-bond donors (Lipinski definition) is 1. The van der Waals surface area contributed by atoms with Crippen LogP contribution in [0, 0.1) is 18.6 Å². The quantitative estimate of drug-likeness (QED) is 0.878. The molecule has 0 aliphatic rings. The molecule has 0 bridgehead atoms. The van der Waals surface area contributed by atoms with Crippen LogP contribution in [0.25, 0.3) is 0 Å². The molecule has 19 heavy (non-hydrogen) atoms. The molecule has 3 heteroatoms. The molecule has 0 saturated carbocycles. The minimum Gasteiger partial charge on any atom is -0.306 e. The van der Waals surface area contributed by atoms with E-state index < -0.39 is 17.7 Å². The smallest absolute Gasteiger partial charge is 0.131 e. The molecule has 0 aliphatic carbocycles. The normalized spacial score (nSPS) is 12.4. The first-order valence-corrected chi connectivity index (χ1v) is 6.37. The maximum absolute atomic E-state index is 13.9. The fourth-order valence-corrected chi connectivity index (χ4v) is 2.14. The second kappa shape index (κ2) is 5.93. The summed E-state index contributed by atoms with van der Waals surface area (Å²) in [6, 6.07) is 11.2. The van der Waals surface area contributed by atoms with Crippen LogP contribution in [0.5, 0.6) is 0 Å². The van der Waals surface area contributed by atoms with E-state index in [9.17, 15) is 8.78 Å². The fourth-order valence-electron chi connectivity index (χ4n) is 2.14. The van der Waals surface area contributed by atoms with Crippen molar-refractivity contribution in [3.63, 3.8) is 0 Å². The van der Waals surface area contributed by atoms with Crippen LogP contribution in [0.2, 0.25) is 0 Å². The summed E-state index contributed by atoms with van der Waals surface area (Å²) in [4.78, 5) is 0. The van der Waals surface area contributed by atoms with Crippen LogP contribution in [0.3, 0.4) is 0 Å². The van der Waals surface area contributed by atoms with E-state index >= 15 is 0 Å². The first-order valence-electron chi connectivity index (χ1n) is 6.37. The van der Waals surface area contributed by atoms with Gasteiger partial charge >= 0.3 is 0 Å².